The number of H-pyrrole nitrogens is 1. The number of likely N-dealkylation sites (tertiary alicyclic amines) is 1. The van der Waals surface area contributed by atoms with Gasteiger partial charge in [0.2, 0.25) is 0 Å². The summed E-state index contributed by atoms with van der Waals surface area (Å²) < 4.78 is 5.63. The van der Waals surface area contributed by atoms with Gasteiger partial charge in [0.05, 0.1) is 6.54 Å². The normalized spacial score (nSPS) is 19.0. The molecule has 26 heavy (non-hydrogen) atoms. The number of hydrogen-bond donors (Lipinski definition) is 1. The van der Waals surface area contributed by atoms with Crippen molar-refractivity contribution in [3.05, 3.63) is 42.2 Å². The van der Waals surface area contributed by atoms with E-state index in [2.05, 4.69) is 9.97 Å². The highest BCUT2D eigenvalue weighted by atomic mass is 16.6. The molecule has 0 aliphatic carbocycles. The van der Waals surface area contributed by atoms with Gasteiger partial charge in [0.15, 0.2) is 0 Å². The zero-order valence-electron chi connectivity index (χ0n) is 14.8. The van der Waals surface area contributed by atoms with Crippen LogP contribution >= 0.6 is 0 Å². The van der Waals surface area contributed by atoms with Gasteiger partial charge in [-0.2, -0.15) is 0 Å². The number of piperidine rings is 1. The molecule has 2 amide bonds. The molecule has 1 N–H and O–H groups in total. The first-order valence-corrected chi connectivity index (χ1v) is 8.97. The van der Waals surface area contributed by atoms with E-state index < -0.39 is 5.60 Å². The highest BCUT2D eigenvalue weighted by molar-refractivity contribution is 5.95. The Kier molecular flexibility index (Phi) is 4.14. The molecule has 1 spiro atoms. The number of carbonyl (C=O) groups is 2. The Morgan fingerprint density at radius 1 is 1.35 bits per heavy atom. The highest BCUT2D eigenvalue weighted by Gasteiger charge is 2.47. The van der Waals surface area contributed by atoms with Crippen LogP contribution in [0.25, 0.3) is 11.4 Å². The van der Waals surface area contributed by atoms with Crippen molar-refractivity contribution in [3.63, 3.8) is 0 Å². The molecule has 0 unspecified atom stereocenters. The van der Waals surface area contributed by atoms with Gasteiger partial charge in [0, 0.05) is 56.0 Å². The van der Waals surface area contributed by atoms with Crippen LogP contribution in [-0.2, 0) is 4.74 Å². The number of aromatic nitrogens is 2. The number of nitrogens with one attached hydrogen (secondary N) is 1. The number of benzene rings is 1. The van der Waals surface area contributed by atoms with Crippen molar-refractivity contribution in [2.75, 3.05) is 26.2 Å². The minimum Gasteiger partial charge on any atom is -0.441 e. The molecule has 1 aromatic carbocycles. The molecule has 0 radical (unpaired) electrons. The van der Waals surface area contributed by atoms with Gasteiger partial charge in [-0.1, -0.05) is 12.1 Å². The smallest absolute Gasteiger partial charge is 0.410 e. The lowest BCUT2D eigenvalue weighted by molar-refractivity contribution is 0.00314. The fourth-order valence-corrected chi connectivity index (χ4v) is 3.72. The number of carbonyl (C=O) groups excluding carboxylic acids is 2. The van der Waals surface area contributed by atoms with Crippen LogP contribution in [0.1, 0.15) is 30.1 Å². The van der Waals surface area contributed by atoms with E-state index in [1.165, 1.54) is 0 Å². The minimum atomic E-state index is -0.431. The largest absolute Gasteiger partial charge is 0.441 e. The third-order valence-electron chi connectivity index (χ3n) is 5.27. The summed E-state index contributed by atoms with van der Waals surface area (Å²) in [5, 5.41) is 0. The van der Waals surface area contributed by atoms with E-state index >= 15 is 0 Å². The molecule has 7 nitrogen and oxygen atoms in total. The molecule has 3 heterocycles. The van der Waals surface area contributed by atoms with Crippen molar-refractivity contribution < 1.29 is 14.3 Å². The molecule has 2 aliphatic heterocycles. The van der Waals surface area contributed by atoms with Crippen molar-refractivity contribution in [2.24, 2.45) is 0 Å². The molecule has 2 aromatic rings. The summed E-state index contributed by atoms with van der Waals surface area (Å²) in [5.74, 6) is 0.750. The number of nitrogens with zero attached hydrogens (tertiary/aromatic N) is 3. The van der Waals surface area contributed by atoms with Crippen LogP contribution in [0.4, 0.5) is 4.79 Å². The molecular weight excluding hydrogens is 332 g/mol. The SMILES string of the molecule is CCN1CC2(CCN(C(=O)c3cccc(-c4ncc[nH]4)c3)CC2)OC1=O. The van der Waals surface area contributed by atoms with Crippen LogP contribution in [0.3, 0.4) is 0 Å². The van der Waals surface area contributed by atoms with Crippen LogP contribution in [0, 0.1) is 0 Å². The number of aromatic amines is 1. The fraction of sp³-hybridized carbons (Fsp3) is 0.421. The third kappa shape index (κ3) is 2.94. The monoisotopic (exact) mass is 354 g/mol. The second-order valence-electron chi connectivity index (χ2n) is 6.88. The van der Waals surface area contributed by atoms with E-state index in [4.69, 9.17) is 4.74 Å². The molecule has 2 saturated heterocycles. The topological polar surface area (TPSA) is 78.5 Å². The van der Waals surface area contributed by atoms with Gasteiger partial charge in [-0.3, -0.25) is 4.79 Å². The molecule has 136 valence electrons. The van der Waals surface area contributed by atoms with Crippen molar-refractivity contribution in [1.82, 2.24) is 19.8 Å². The van der Waals surface area contributed by atoms with E-state index in [9.17, 15) is 9.59 Å². The Bertz CT molecular complexity index is 810. The second kappa shape index (κ2) is 6.48. The quantitative estimate of drug-likeness (QED) is 0.919. The molecule has 0 bridgehead atoms. The zero-order valence-corrected chi connectivity index (χ0v) is 14.8. The summed E-state index contributed by atoms with van der Waals surface area (Å²) in [6.45, 7) is 4.41. The summed E-state index contributed by atoms with van der Waals surface area (Å²) in [6.07, 6.45) is 4.57. The van der Waals surface area contributed by atoms with Crippen molar-refractivity contribution in [2.45, 2.75) is 25.4 Å². The van der Waals surface area contributed by atoms with E-state index in [0.29, 0.717) is 44.6 Å². The first-order valence-electron chi connectivity index (χ1n) is 8.97. The zero-order chi connectivity index (χ0) is 18.1. The predicted octanol–water partition coefficient (Wildman–Crippen LogP) is 2.52. The van der Waals surface area contributed by atoms with Crippen LogP contribution in [0.2, 0.25) is 0 Å². The van der Waals surface area contributed by atoms with Gasteiger partial charge >= 0.3 is 6.09 Å². The molecule has 7 heteroatoms. The summed E-state index contributed by atoms with van der Waals surface area (Å²) >= 11 is 0. The van der Waals surface area contributed by atoms with Gasteiger partial charge in [-0.15, -0.1) is 0 Å². The van der Waals surface area contributed by atoms with E-state index in [1.807, 2.05) is 36.1 Å². The van der Waals surface area contributed by atoms with E-state index in [-0.39, 0.29) is 12.0 Å². The third-order valence-corrected chi connectivity index (χ3v) is 5.27. The first kappa shape index (κ1) is 16.6. The maximum Gasteiger partial charge on any atom is 0.410 e. The van der Waals surface area contributed by atoms with Gasteiger partial charge < -0.3 is 19.5 Å². The molecule has 0 atom stereocenters. The lowest BCUT2D eigenvalue weighted by atomic mass is 9.91. The van der Waals surface area contributed by atoms with Crippen LogP contribution in [0.5, 0.6) is 0 Å². The maximum absolute atomic E-state index is 12.9. The lowest BCUT2D eigenvalue weighted by Gasteiger charge is -2.37. The number of rotatable bonds is 3. The molecule has 0 saturated carbocycles. The molecule has 2 aliphatic rings. The molecular formula is C19H22N4O3. The Balaban J connectivity index is 1.45. The van der Waals surface area contributed by atoms with Crippen molar-refractivity contribution in [1.29, 1.82) is 0 Å². The van der Waals surface area contributed by atoms with Crippen LogP contribution in [0.15, 0.2) is 36.7 Å². The lowest BCUT2D eigenvalue weighted by Crippen LogP contribution is -2.48. The van der Waals surface area contributed by atoms with Crippen LogP contribution in [-0.4, -0.2) is 63.5 Å². The van der Waals surface area contributed by atoms with Gasteiger partial charge in [0.25, 0.3) is 5.91 Å². The van der Waals surface area contributed by atoms with Gasteiger partial charge in [0.1, 0.15) is 11.4 Å². The molecule has 4 rings (SSSR count). The maximum atomic E-state index is 12.9. The summed E-state index contributed by atoms with van der Waals surface area (Å²) in [6, 6.07) is 7.49. The number of likely N-dealkylation sites (N-methyl/N-ethyl adjacent to an activating group) is 1. The standard InChI is InChI=1S/C19H22N4O3/c1-2-22-13-19(26-18(22)25)6-10-23(11-7-19)17(24)15-5-3-4-14(12-15)16-20-8-9-21-16/h3-5,8-9,12H,2,6-7,10-11,13H2,1H3,(H,20,21). The molecule has 1 aromatic heterocycles. The average molecular weight is 354 g/mol. The Morgan fingerprint density at radius 3 is 2.81 bits per heavy atom. The van der Waals surface area contributed by atoms with Crippen molar-refractivity contribution >= 4 is 12.0 Å². The highest BCUT2D eigenvalue weighted by Crippen LogP contribution is 2.33. The average Bonchev–Trinajstić information content (AvgIpc) is 3.30. The predicted molar refractivity (Wildman–Crippen MR) is 95.6 cm³/mol. The molecule has 2 fully saturated rings. The van der Waals surface area contributed by atoms with E-state index in [0.717, 1.165) is 11.4 Å². The van der Waals surface area contributed by atoms with Gasteiger partial charge in [-0.25, -0.2) is 9.78 Å². The van der Waals surface area contributed by atoms with Gasteiger partial charge in [-0.05, 0) is 19.1 Å². The minimum absolute atomic E-state index is 0.00456. The number of imidazole rings is 1. The summed E-state index contributed by atoms with van der Waals surface area (Å²) in [4.78, 5) is 35.6. The second-order valence-corrected chi connectivity index (χ2v) is 6.88. The van der Waals surface area contributed by atoms with Crippen molar-refractivity contribution in [3.8, 4) is 11.4 Å². The number of ether oxygens (including phenoxy) is 1. The summed E-state index contributed by atoms with van der Waals surface area (Å²) in [7, 11) is 0. The number of hydrogen-bond acceptors (Lipinski definition) is 4. The van der Waals surface area contributed by atoms with E-state index in [1.54, 1.807) is 17.3 Å². The Morgan fingerprint density at radius 2 is 2.15 bits per heavy atom. The number of amides is 2. The first-order chi connectivity index (χ1) is 12.6. The summed E-state index contributed by atoms with van der Waals surface area (Å²) in [5.41, 5.74) is 1.10. The fourth-order valence-electron chi connectivity index (χ4n) is 3.72. The Hall–Kier alpha value is -2.83. The Labute approximate surface area is 152 Å². The van der Waals surface area contributed by atoms with Crippen LogP contribution < -0.4 is 0 Å².